The van der Waals surface area contributed by atoms with E-state index in [1.807, 2.05) is 0 Å². The third kappa shape index (κ3) is 3.71. The number of aliphatic hydroxyl groups is 1. The van der Waals surface area contributed by atoms with Crippen LogP contribution in [0.5, 0.6) is 5.75 Å². The van der Waals surface area contributed by atoms with Gasteiger partial charge in [-0.25, -0.2) is 9.78 Å². The Labute approximate surface area is 117 Å². The zero-order valence-electron chi connectivity index (χ0n) is 11.7. The van der Waals surface area contributed by atoms with E-state index in [2.05, 4.69) is 4.98 Å². The lowest BCUT2D eigenvalue weighted by Gasteiger charge is -2.21. The zero-order chi connectivity index (χ0) is 14.8. The fourth-order valence-corrected chi connectivity index (χ4v) is 1.60. The number of pyridine rings is 1. The topological polar surface area (TPSA) is 73.1 Å². The molecule has 2 rings (SSSR count). The summed E-state index contributed by atoms with van der Waals surface area (Å²) in [4.78, 5) is 15.7. The molecule has 6 nitrogen and oxygen atoms in total. The first kappa shape index (κ1) is 14.3. The quantitative estimate of drug-likeness (QED) is 0.856. The minimum Gasteiger partial charge on any atom is -0.489 e. The molecule has 6 heteroatoms. The predicted molar refractivity (Wildman–Crippen MR) is 72.5 cm³/mol. The molecular weight excluding hydrogens is 260 g/mol. The number of rotatable bonds is 4. The molecule has 0 aliphatic carbocycles. The zero-order valence-corrected chi connectivity index (χ0v) is 11.7. The number of imidazole rings is 1. The van der Waals surface area contributed by atoms with Crippen molar-refractivity contribution in [3.63, 3.8) is 0 Å². The Morgan fingerprint density at radius 2 is 2.20 bits per heavy atom. The molecule has 0 saturated carbocycles. The summed E-state index contributed by atoms with van der Waals surface area (Å²) in [6.45, 7) is 5.07. The van der Waals surface area contributed by atoms with Crippen LogP contribution < -0.4 is 4.74 Å². The van der Waals surface area contributed by atoms with Crippen molar-refractivity contribution in [1.82, 2.24) is 9.38 Å². The molecule has 1 N–H and O–H groups in total. The molecule has 0 radical (unpaired) electrons. The number of nitrogens with zero attached hydrogens (tertiary/aromatic N) is 2. The first-order valence-electron chi connectivity index (χ1n) is 6.31. The highest BCUT2D eigenvalue weighted by molar-refractivity contribution is 5.74. The number of carbonyl (C=O) groups is 1. The van der Waals surface area contributed by atoms with E-state index in [-0.39, 0.29) is 6.61 Å². The second-order valence-electron chi connectivity index (χ2n) is 5.42. The van der Waals surface area contributed by atoms with Gasteiger partial charge in [0.2, 0.25) is 0 Å². The van der Waals surface area contributed by atoms with E-state index in [0.717, 1.165) is 5.65 Å². The van der Waals surface area contributed by atoms with Gasteiger partial charge in [-0.3, -0.25) is 0 Å². The van der Waals surface area contributed by atoms with Crippen LogP contribution in [-0.2, 0) is 9.53 Å². The minimum atomic E-state index is -1.31. The normalized spacial score (nSPS) is 13.2. The Hall–Kier alpha value is -2.08. The van der Waals surface area contributed by atoms with Gasteiger partial charge in [-0.1, -0.05) is 0 Å². The molecule has 0 amide bonds. The number of aliphatic hydroxyl groups excluding tert-OH is 1. The van der Waals surface area contributed by atoms with Crippen LogP contribution in [0.1, 0.15) is 20.8 Å². The highest BCUT2D eigenvalue weighted by Crippen LogP contribution is 2.13. The maximum absolute atomic E-state index is 11.6. The Kier molecular flexibility index (Phi) is 3.94. The van der Waals surface area contributed by atoms with Crippen LogP contribution in [-0.4, -0.2) is 38.8 Å². The summed E-state index contributed by atoms with van der Waals surface area (Å²) in [5.74, 6) is -0.153. The second kappa shape index (κ2) is 5.50. The number of aromatic nitrogens is 2. The molecule has 2 aromatic rings. The summed E-state index contributed by atoms with van der Waals surface area (Å²) in [6, 6.07) is 3.51. The highest BCUT2D eigenvalue weighted by atomic mass is 16.6. The van der Waals surface area contributed by atoms with Crippen molar-refractivity contribution in [2.24, 2.45) is 0 Å². The summed E-state index contributed by atoms with van der Waals surface area (Å²) in [5.41, 5.74) is 0.165. The van der Waals surface area contributed by atoms with Gasteiger partial charge in [0.15, 0.2) is 6.10 Å². The molecule has 0 spiro atoms. The lowest BCUT2D eigenvalue weighted by atomic mass is 10.2. The van der Waals surface area contributed by atoms with Crippen molar-refractivity contribution in [3.8, 4) is 5.75 Å². The smallest absolute Gasteiger partial charge is 0.339 e. The van der Waals surface area contributed by atoms with Crippen LogP contribution in [0.3, 0.4) is 0 Å². The molecule has 0 fully saturated rings. The summed E-state index contributed by atoms with van der Waals surface area (Å²) < 4.78 is 12.2. The van der Waals surface area contributed by atoms with E-state index >= 15 is 0 Å². The van der Waals surface area contributed by atoms with Crippen LogP contribution in [0.25, 0.3) is 5.65 Å². The molecule has 0 aliphatic heterocycles. The van der Waals surface area contributed by atoms with Crippen LogP contribution in [0.15, 0.2) is 30.7 Å². The Bertz CT molecular complexity index is 600. The molecule has 108 valence electrons. The Morgan fingerprint density at radius 1 is 1.45 bits per heavy atom. The van der Waals surface area contributed by atoms with Crippen molar-refractivity contribution >= 4 is 11.6 Å². The first-order chi connectivity index (χ1) is 9.35. The summed E-state index contributed by atoms with van der Waals surface area (Å²) in [7, 11) is 0. The standard InChI is InChI=1S/C14H18N2O4/c1-14(2,3)20-13(18)11(17)9-19-10-4-5-12-15-6-7-16(12)8-10/h4-8,11,17H,9H2,1-3H3. The molecule has 0 aliphatic rings. The van der Waals surface area contributed by atoms with E-state index in [0.29, 0.717) is 5.75 Å². The number of carbonyl (C=O) groups excluding carboxylic acids is 1. The SMILES string of the molecule is CC(C)(C)OC(=O)C(O)COc1ccc2nccn2c1. The fraction of sp³-hybridized carbons (Fsp3) is 0.429. The fourth-order valence-electron chi connectivity index (χ4n) is 1.60. The molecule has 1 atom stereocenters. The second-order valence-corrected chi connectivity index (χ2v) is 5.42. The minimum absolute atomic E-state index is 0.158. The third-order valence-corrected chi connectivity index (χ3v) is 2.45. The Morgan fingerprint density at radius 3 is 2.90 bits per heavy atom. The summed E-state index contributed by atoms with van der Waals surface area (Å²) in [5, 5.41) is 9.70. The van der Waals surface area contributed by atoms with Crippen LogP contribution in [0.4, 0.5) is 0 Å². The van der Waals surface area contributed by atoms with Gasteiger partial charge in [-0.05, 0) is 32.9 Å². The summed E-state index contributed by atoms with van der Waals surface area (Å²) >= 11 is 0. The molecular formula is C14H18N2O4. The molecule has 2 aromatic heterocycles. The number of ether oxygens (including phenoxy) is 2. The van der Waals surface area contributed by atoms with Crippen molar-refractivity contribution < 1.29 is 19.4 Å². The van der Waals surface area contributed by atoms with E-state index in [9.17, 15) is 9.90 Å². The molecule has 0 bridgehead atoms. The van der Waals surface area contributed by atoms with E-state index < -0.39 is 17.7 Å². The van der Waals surface area contributed by atoms with E-state index in [1.165, 1.54) is 0 Å². The lowest BCUT2D eigenvalue weighted by Crippen LogP contribution is -2.35. The van der Waals surface area contributed by atoms with Crippen molar-refractivity contribution in [2.75, 3.05) is 6.61 Å². The van der Waals surface area contributed by atoms with Gasteiger partial charge < -0.3 is 19.0 Å². The maximum atomic E-state index is 11.6. The molecule has 2 heterocycles. The number of hydrogen-bond donors (Lipinski definition) is 1. The van der Waals surface area contributed by atoms with Gasteiger partial charge in [0.05, 0.1) is 6.20 Å². The van der Waals surface area contributed by atoms with Gasteiger partial charge >= 0.3 is 5.97 Å². The van der Waals surface area contributed by atoms with E-state index in [4.69, 9.17) is 9.47 Å². The van der Waals surface area contributed by atoms with Crippen LogP contribution in [0, 0.1) is 0 Å². The number of esters is 1. The predicted octanol–water partition coefficient (Wildman–Crippen LogP) is 1.42. The monoisotopic (exact) mass is 278 g/mol. The van der Waals surface area contributed by atoms with Gasteiger partial charge in [0.25, 0.3) is 0 Å². The maximum Gasteiger partial charge on any atom is 0.339 e. The largest absolute Gasteiger partial charge is 0.489 e. The van der Waals surface area contributed by atoms with Gasteiger partial charge in [-0.2, -0.15) is 0 Å². The number of fused-ring (bicyclic) bond motifs is 1. The average Bonchev–Trinajstić information content (AvgIpc) is 2.81. The number of hydrogen-bond acceptors (Lipinski definition) is 5. The molecule has 20 heavy (non-hydrogen) atoms. The van der Waals surface area contributed by atoms with Gasteiger partial charge in [-0.15, -0.1) is 0 Å². The lowest BCUT2D eigenvalue weighted by molar-refractivity contribution is -0.166. The molecule has 0 saturated heterocycles. The van der Waals surface area contributed by atoms with E-state index in [1.54, 1.807) is 55.9 Å². The van der Waals surface area contributed by atoms with Gasteiger partial charge in [0.1, 0.15) is 23.6 Å². The average molecular weight is 278 g/mol. The molecule has 0 aromatic carbocycles. The first-order valence-corrected chi connectivity index (χ1v) is 6.31. The summed E-state index contributed by atoms with van der Waals surface area (Å²) in [6.07, 6.45) is 3.87. The van der Waals surface area contributed by atoms with Crippen LogP contribution >= 0.6 is 0 Å². The van der Waals surface area contributed by atoms with Crippen LogP contribution in [0.2, 0.25) is 0 Å². The Balaban J connectivity index is 1.92. The third-order valence-electron chi connectivity index (χ3n) is 2.45. The van der Waals surface area contributed by atoms with Crippen molar-refractivity contribution in [1.29, 1.82) is 0 Å². The van der Waals surface area contributed by atoms with Crippen molar-refractivity contribution in [2.45, 2.75) is 32.5 Å². The van der Waals surface area contributed by atoms with Crippen molar-refractivity contribution in [3.05, 3.63) is 30.7 Å². The molecule has 1 unspecified atom stereocenters. The van der Waals surface area contributed by atoms with Gasteiger partial charge in [0, 0.05) is 12.4 Å². The highest BCUT2D eigenvalue weighted by Gasteiger charge is 2.23.